The maximum atomic E-state index is 14.7. The third-order valence-corrected chi connectivity index (χ3v) is 13.9. The molecule has 2 aliphatic rings. The van der Waals surface area contributed by atoms with Gasteiger partial charge in [0, 0.05) is 0 Å². The number of hydrogen-bond donors (Lipinski definition) is 0. The molecule has 0 radical (unpaired) electrons. The highest BCUT2D eigenvalue weighted by Crippen LogP contribution is 2.43. The van der Waals surface area contributed by atoms with Gasteiger partial charge in [0.25, 0.3) is 0 Å². The lowest BCUT2D eigenvalue weighted by atomic mass is 9.97. The first kappa shape index (κ1) is 57.6. The van der Waals surface area contributed by atoms with Gasteiger partial charge in [-0.1, -0.05) is 194 Å². The van der Waals surface area contributed by atoms with Crippen molar-refractivity contribution in [3.8, 4) is 0 Å². The molecule has 83 heavy (non-hydrogen) atoms. The zero-order valence-electron chi connectivity index (χ0n) is 45.3. The molecule has 15 nitrogen and oxygen atoms in total. The number of carbonyl (C=O) groups excluding carboxylic acids is 4. The van der Waals surface area contributed by atoms with Gasteiger partial charge in [0.05, 0.1) is 55.3 Å². The van der Waals surface area contributed by atoms with Crippen LogP contribution in [-0.4, -0.2) is 98.5 Å². The van der Waals surface area contributed by atoms with E-state index in [0.29, 0.717) is 0 Å². The molecule has 0 saturated carbocycles. The van der Waals surface area contributed by atoms with E-state index in [2.05, 4.69) is 0 Å². The average Bonchev–Trinajstić information content (AvgIpc) is 4.11. The molecule has 15 heteroatoms. The fourth-order valence-corrected chi connectivity index (χ4v) is 9.71. The normalized spacial score (nSPS) is 22.0. The molecule has 0 aromatic heterocycles. The highest BCUT2D eigenvalue weighted by atomic mass is 16.8. The molecular weight excluding hydrogens is 1060 g/mol. The molecule has 2 heterocycles. The molecule has 0 N–H and O–H groups in total. The molecule has 424 valence electrons. The van der Waals surface area contributed by atoms with E-state index < -0.39 is 91.9 Å². The summed E-state index contributed by atoms with van der Waals surface area (Å²) < 4.78 is 74.1. The van der Waals surface area contributed by atoms with E-state index in [4.69, 9.17) is 52.1 Å². The number of rotatable bonds is 25. The van der Waals surface area contributed by atoms with E-state index in [-0.39, 0.29) is 55.3 Å². The zero-order chi connectivity index (χ0) is 57.1. The molecule has 8 aromatic carbocycles. The zero-order valence-corrected chi connectivity index (χ0v) is 45.3. The van der Waals surface area contributed by atoms with Crippen LogP contribution in [0.4, 0.5) is 0 Å². The summed E-state index contributed by atoms with van der Waals surface area (Å²) in [6, 6.07) is 71.1. The van der Waals surface area contributed by atoms with Crippen molar-refractivity contribution < 1.29 is 71.3 Å². The number of hydrogen-bond acceptors (Lipinski definition) is 15. The van der Waals surface area contributed by atoms with Crippen molar-refractivity contribution in [3.05, 3.63) is 287 Å². The van der Waals surface area contributed by atoms with E-state index in [9.17, 15) is 19.2 Å². The molecule has 0 unspecified atom stereocenters. The summed E-state index contributed by atoms with van der Waals surface area (Å²) in [7, 11) is 0. The average molecular weight is 1120 g/mol. The first-order chi connectivity index (χ1) is 40.8. The van der Waals surface area contributed by atoms with Gasteiger partial charge in [0.15, 0.2) is 18.5 Å². The van der Waals surface area contributed by atoms with Crippen molar-refractivity contribution >= 4 is 23.9 Å². The fraction of sp³-hybridized carbons (Fsp3) is 0.235. The molecular formula is C68H62O15. The highest BCUT2D eigenvalue weighted by Gasteiger charge is 2.65. The van der Waals surface area contributed by atoms with E-state index >= 15 is 0 Å². The third kappa shape index (κ3) is 15.5. The summed E-state index contributed by atoms with van der Waals surface area (Å²) in [5, 5.41) is 0. The van der Waals surface area contributed by atoms with Gasteiger partial charge in [-0.3, -0.25) is 0 Å². The van der Waals surface area contributed by atoms with Crippen LogP contribution in [-0.2, 0) is 78.5 Å². The van der Waals surface area contributed by atoms with Crippen LogP contribution in [0.25, 0.3) is 0 Å². The minimum atomic E-state index is -2.49. The summed E-state index contributed by atoms with van der Waals surface area (Å²) >= 11 is 0. The van der Waals surface area contributed by atoms with Crippen molar-refractivity contribution in [1.82, 2.24) is 0 Å². The lowest BCUT2D eigenvalue weighted by Crippen LogP contribution is -2.65. The summed E-state index contributed by atoms with van der Waals surface area (Å²) in [5.74, 6) is -5.78. The van der Waals surface area contributed by atoms with Crippen LogP contribution in [0.3, 0.4) is 0 Å². The quantitative estimate of drug-likeness (QED) is 0.0391. The van der Waals surface area contributed by atoms with Crippen LogP contribution >= 0.6 is 0 Å². The van der Waals surface area contributed by atoms with Gasteiger partial charge >= 0.3 is 23.9 Å². The van der Waals surface area contributed by atoms with Gasteiger partial charge in [-0.05, 0) is 70.8 Å². The molecule has 10 rings (SSSR count). The number of esters is 4. The van der Waals surface area contributed by atoms with Gasteiger partial charge in [-0.15, -0.1) is 0 Å². The molecule has 0 aliphatic carbocycles. The molecule has 0 bridgehead atoms. The molecule has 9 atom stereocenters. The van der Waals surface area contributed by atoms with Crippen molar-refractivity contribution in [2.45, 2.75) is 81.2 Å². The monoisotopic (exact) mass is 1120 g/mol. The van der Waals surface area contributed by atoms with E-state index in [0.717, 1.165) is 22.3 Å². The fourth-order valence-electron chi connectivity index (χ4n) is 9.71. The van der Waals surface area contributed by atoms with Gasteiger partial charge in [-0.25, -0.2) is 19.2 Å². The molecule has 0 spiro atoms. The van der Waals surface area contributed by atoms with E-state index in [1.54, 1.807) is 121 Å². The Hall–Kier alpha value is -8.64. The second-order valence-electron chi connectivity index (χ2n) is 19.7. The molecule has 2 aliphatic heterocycles. The number of benzene rings is 8. The summed E-state index contributed by atoms with van der Waals surface area (Å²) in [6.45, 7) is -1.11. The predicted octanol–water partition coefficient (Wildman–Crippen LogP) is 11.0. The van der Waals surface area contributed by atoms with Gasteiger partial charge in [0.2, 0.25) is 5.79 Å². The van der Waals surface area contributed by atoms with Gasteiger partial charge in [-0.2, -0.15) is 0 Å². The number of ether oxygens (including phenoxy) is 11. The summed E-state index contributed by atoms with van der Waals surface area (Å²) in [5.41, 5.74) is 4.02. The minimum Gasteiger partial charge on any atom is -0.459 e. The Morgan fingerprint density at radius 1 is 0.361 bits per heavy atom. The second-order valence-corrected chi connectivity index (χ2v) is 19.7. The largest absolute Gasteiger partial charge is 0.459 e. The first-order valence-electron chi connectivity index (χ1n) is 27.3. The SMILES string of the molecule is O=C(OC[C@H]1O[C@](COC(=O)c2ccccc2)(O[C@H]2O[C@H](COCc3ccccc3)[C@H](OCc3ccccc3)[C@H](OCc3ccccc3)[C@H]2OCc2ccccc2)[C@@H](OC(=O)c2ccccc2)[C@@H]1OC(=O)c1ccccc1)c1ccccc1. The molecule has 2 fully saturated rings. The van der Waals surface area contributed by atoms with Crippen LogP contribution in [0.15, 0.2) is 243 Å². The minimum absolute atomic E-state index is 0.000842. The Morgan fingerprint density at radius 3 is 1.19 bits per heavy atom. The third-order valence-electron chi connectivity index (χ3n) is 13.9. The van der Waals surface area contributed by atoms with Crippen LogP contribution in [0.2, 0.25) is 0 Å². The standard InChI is InChI=1S/C68H62O15/c69-63(52-33-17-5-18-34-52)77-46-57-59(80-65(71)54-37-21-7-22-38-54)62(81-66(72)55-39-23-8-24-40-55)68(82-57,47-78-64(70)53-35-19-6-20-36-53)83-67-61(76-44-51-31-15-4-16-32-51)60(75-43-50-29-13-3-14-30-50)58(74-42-49-27-11-2-12-28-49)56(79-67)45-73-41-48-25-9-1-10-26-48/h1-40,56-62,67H,41-47H2/t56-,57-,58+,59-,60+,61-,62+,67-,68-/m1/s1. The number of carbonyl (C=O) groups is 4. The Bertz CT molecular complexity index is 3270. The summed E-state index contributed by atoms with van der Waals surface area (Å²) in [4.78, 5) is 57.3. The van der Waals surface area contributed by atoms with E-state index in [1.807, 2.05) is 121 Å². The van der Waals surface area contributed by atoms with Crippen molar-refractivity contribution in [3.63, 3.8) is 0 Å². The van der Waals surface area contributed by atoms with Gasteiger partial charge in [0.1, 0.15) is 43.7 Å². The lowest BCUT2D eigenvalue weighted by Gasteiger charge is -2.48. The second kappa shape index (κ2) is 28.9. The smallest absolute Gasteiger partial charge is 0.338 e. The highest BCUT2D eigenvalue weighted by molar-refractivity contribution is 5.91. The van der Waals surface area contributed by atoms with Crippen molar-refractivity contribution in [2.75, 3.05) is 19.8 Å². The van der Waals surface area contributed by atoms with E-state index in [1.165, 1.54) is 0 Å². The van der Waals surface area contributed by atoms with Gasteiger partial charge < -0.3 is 52.1 Å². The van der Waals surface area contributed by atoms with Crippen LogP contribution in [0.5, 0.6) is 0 Å². The Labute approximate surface area is 481 Å². The molecule has 0 amide bonds. The maximum absolute atomic E-state index is 14.7. The molecule has 8 aromatic rings. The Morgan fingerprint density at radius 2 is 0.735 bits per heavy atom. The van der Waals surface area contributed by atoms with Crippen molar-refractivity contribution in [1.29, 1.82) is 0 Å². The summed E-state index contributed by atoms with van der Waals surface area (Å²) in [6.07, 6.45) is -10.8. The Balaban J connectivity index is 1.11. The lowest BCUT2D eigenvalue weighted by molar-refractivity contribution is -0.393. The Kier molecular flexibility index (Phi) is 20.0. The van der Waals surface area contributed by atoms with Crippen LogP contribution < -0.4 is 0 Å². The maximum Gasteiger partial charge on any atom is 0.338 e. The molecule has 2 saturated heterocycles. The topological polar surface area (TPSA) is 170 Å². The van der Waals surface area contributed by atoms with Crippen molar-refractivity contribution in [2.24, 2.45) is 0 Å². The van der Waals surface area contributed by atoms with Crippen LogP contribution in [0.1, 0.15) is 63.7 Å². The van der Waals surface area contributed by atoms with Crippen LogP contribution in [0, 0.1) is 0 Å². The predicted molar refractivity (Wildman–Crippen MR) is 303 cm³/mol. The first-order valence-corrected chi connectivity index (χ1v) is 27.3.